The van der Waals surface area contributed by atoms with Gasteiger partial charge in [0.25, 0.3) is 0 Å². The Morgan fingerprint density at radius 1 is 1.17 bits per heavy atom. The van der Waals surface area contributed by atoms with E-state index >= 15 is 0 Å². The molecule has 6 rings (SSSR count). The van der Waals surface area contributed by atoms with E-state index in [-0.39, 0.29) is 17.5 Å². The molecule has 0 aromatic carbocycles. The van der Waals surface area contributed by atoms with Crippen LogP contribution in [0.3, 0.4) is 0 Å². The van der Waals surface area contributed by atoms with E-state index in [4.69, 9.17) is 4.98 Å². The predicted octanol–water partition coefficient (Wildman–Crippen LogP) is 3.18. The number of pyridine rings is 1. The third kappa shape index (κ3) is 3.99. The second-order valence-corrected chi connectivity index (χ2v) is 10.4. The van der Waals surface area contributed by atoms with Gasteiger partial charge >= 0.3 is 0 Å². The number of carbonyl (C=O) groups is 1. The molecule has 0 bridgehead atoms. The van der Waals surface area contributed by atoms with Gasteiger partial charge in [0.1, 0.15) is 17.7 Å². The van der Waals surface area contributed by atoms with Crippen molar-refractivity contribution in [1.82, 2.24) is 25.2 Å². The number of amides is 1. The zero-order valence-electron chi connectivity index (χ0n) is 21.3. The van der Waals surface area contributed by atoms with E-state index in [0.29, 0.717) is 24.4 Å². The van der Waals surface area contributed by atoms with Gasteiger partial charge in [0.2, 0.25) is 11.9 Å². The average molecular weight is 489 g/mol. The lowest BCUT2D eigenvalue weighted by Crippen LogP contribution is -2.67. The van der Waals surface area contributed by atoms with Crippen molar-refractivity contribution in [3.05, 3.63) is 36.2 Å². The van der Waals surface area contributed by atoms with E-state index in [1.807, 2.05) is 30.6 Å². The van der Waals surface area contributed by atoms with E-state index in [9.17, 15) is 4.79 Å². The molecule has 2 aromatic rings. The summed E-state index contributed by atoms with van der Waals surface area (Å²) < 4.78 is 0. The molecule has 2 N–H and O–H groups in total. The molecule has 9 heteroatoms. The van der Waals surface area contributed by atoms with Crippen LogP contribution in [0.15, 0.2) is 30.6 Å². The van der Waals surface area contributed by atoms with Gasteiger partial charge in [-0.05, 0) is 44.5 Å². The highest BCUT2D eigenvalue weighted by Gasteiger charge is 2.50. The summed E-state index contributed by atoms with van der Waals surface area (Å²) in [5.74, 6) is 2.11. The number of nitrogens with zero attached hydrogens (tertiary/aromatic N) is 6. The van der Waals surface area contributed by atoms with Crippen LogP contribution in [0.25, 0.3) is 6.08 Å². The van der Waals surface area contributed by atoms with Crippen LogP contribution in [0, 0.1) is 0 Å². The molecule has 4 aliphatic rings. The number of nitrogens with one attached hydrogen (secondary N) is 2. The Morgan fingerprint density at radius 3 is 2.75 bits per heavy atom. The first-order chi connectivity index (χ1) is 17.6. The molecule has 2 saturated heterocycles. The molecule has 1 saturated carbocycles. The van der Waals surface area contributed by atoms with Gasteiger partial charge < -0.3 is 20.4 Å². The van der Waals surface area contributed by atoms with Gasteiger partial charge in [-0.15, -0.1) is 0 Å². The molecule has 9 nitrogen and oxygen atoms in total. The van der Waals surface area contributed by atoms with Crippen molar-refractivity contribution in [1.29, 1.82) is 0 Å². The molecule has 3 fully saturated rings. The van der Waals surface area contributed by atoms with Crippen LogP contribution in [0.2, 0.25) is 0 Å². The molecule has 1 amide bonds. The highest BCUT2D eigenvalue weighted by Crippen LogP contribution is 2.43. The van der Waals surface area contributed by atoms with Crippen molar-refractivity contribution in [2.24, 2.45) is 0 Å². The summed E-state index contributed by atoms with van der Waals surface area (Å²) in [7, 11) is 0. The number of aromatic nitrogens is 3. The third-order valence-corrected chi connectivity index (χ3v) is 8.51. The maximum absolute atomic E-state index is 12.7. The Labute approximate surface area is 213 Å². The van der Waals surface area contributed by atoms with Crippen LogP contribution < -0.4 is 20.4 Å². The Balaban J connectivity index is 1.20. The molecule has 1 aliphatic carbocycles. The van der Waals surface area contributed by atoms with Gasteiger partial charge in [-0.2, -0.15) is 4.98 Å². The van der Waals surface area contributed by atoms with Crippen molar-refractivity contribution in [3.8, 4) is 0 Å². The Morgan fingerprint density at radius 2 is 2.00 bits per heavy atom. The molecule has 36 heavy (non-hydrogen) atoms. The van der Waals surface area contributed by atoms with Crippen LogP contribution in [0.5, 0.6) is 0 Å². The molecule has 1 spiro atoms. The minimum atomic E-state index is -0.315. The minimum absolute atomic E-state index is 0.0462. The molecular weight excluding hydrogens is 452 g/mol. The average Bonchev–Trinajstić information content (AvgIpc) is 3.58. The Bertz CT molecular complexity index is 1140. The monoisotopic (exact) mass is 488 g/mol. The van der Waals surface area contributed by atoms with Crippen LogP contribution in [-0.2, 0) is 4.79 Å². The van der Waals surface area contributed by atoms with Crippen molar-refractivity contribution < 1.29 is 4.79 Å². The first-order valence-corrected chi connectivity index (χ1v) is 13.4. The summed E-state index contributed by atoms with van der Waals surface area (Å²) in [5, 5.41) is 6.43. The normalized spacial score (nSPS) is 24.2. The van der Waals surface area contributed by atoms with Crippen molar-refractivity contribution in [3.63, 3.8) is 0 Å². The number of hydrogen-bond acceptors (Lipinski definition) is 8. The number of likely N-dealkylation sites (N-methyl/N-ethyl adjacent to an activating group) is 1. The van der Waals surface area contributed by atoms with Crippen molar-refractivity contribution in [2.75, 3.05) is 47.8 Å². The van der Waals surface area contributed by atoms with Crippen molar-refractivity contribution in [2.45, 2.75) is 63.6 Å². The van der Waals surface area contributed by atoms with Gasteiger partial charge in [0.15, 0.2) is 0 Å². The summed E-state index contributed by atoms with van der Waals surface area (Å²) >= 11 is 0. The van der Waals surface area contributed by atoms with Gasteiger partial charge in [-0.3, -0.25) is 9.69 Å². The van der Waals surface area contributed by atoms with Crippen LogP contribution in [-0.4, -0.2) is 76.1 Å². The standard InChI is InChI=1S/C27H36N8O/c1-3-33(4-2)21-11-14-34(17-21)20-8-10-23(28-16-20)31-26-29-15-19-7-9-22-25(36)30-18-27(12-5-6-13-27)35(22)24(19)32-26/h7-10,15-16,21-22H,3-6,11-14,17-18H2,1-2H3,(H,30,36)(H,28,29,31,32). The number of anilines is 4. The van der Waals surface area contributed by atoms with E-state index in [0.717, 1.165) is 56.1 Å². The molecular formula is C27H36N8O. The second-order valence-electron chi connectivity index (χ2n) is 10.4. The fraction of sp³-hybridized carbons (Fsp3) is 0.556. The second kappa shape index (κ2) is 9.35. The lowest BCUT2D eigenvalue weighted by molar-refractivity contribution is -0.123. The Hall–Kier alpha value is -3.20. The molecule has 190 valence electrons. The van der Waals surface area contributed by atoms with Gasteiger partial charge in [-0.1, -0.05) is 38.8 Å². The van der Waals surface area contributed by atoms with E-state index in [1.165, 1.54) is 19.3 Å². The third-order valence-electron chi connectivity index (χ3n) is 8.51. The fourth-order valence-corrected chi connectivity index (χ4v) is 6.56. The predicted molar refractivity (Wildman–Crippen MR) is 143 cm³/mol. The summed E-state index contributed by atoms with van der Waals surface area (Å²) in [6.45, 7) is 9.44. The van der Waals surface area contributed by atoms with Crippen LogP contribution >= 0.6 is 0 Å². The Kier molecular flexibility index (Phi) is 6.03. The quantitative estimate of drug-likeness (QED) is 0.641. The fourth-order valence-electron chi connectivity index (χ4n) is 6.56. The maximum atomic E-state index is 12.7. The summed E-state index contributed by atoms with van der Waals surface area (Å²) in [5.41, 5.74) is 2.04. The lowest BCUT2D eigenvalue weighted by atomic mass is 9.87. The summed E-state index contributed by atoms with van der Waals surface area (Å²) in [6, 6.07) is 4.42. The van der Waals surface area contributed by atoms with Gasteiger partial charge in [-0.25, -0.2) is 9.97 Å². The van der Waals surface area contributed by atoms with Crippen LogP contribution in [0.4, 0.5) is 23.3 Å². The van der Waals surface area contributed by atoms with Crippen molar-refractivity contribution >= 4 is 35.3 Å². The summed E-state index contributed by atoms with van der Waals surface area (Å²) in [6.07, 6.45) is 13.4. The number of piperazine rings is 1. The molecule has 2 unspecified atom stereocenters. The molecule has 2 atom stereocenters. The zero-order chi connectivity index (χ0) is 24.7. The highest BCUT2D eigenvalue weighted by atomic mass is 16.2. The van der Waals surface area contributed by atoms with E-state index < -0.39 is 0 Å². The van der Waals surface area contributed by atoms with Gasteiger partial charge in [0, 0.05) is 37.4 Å². The first-order valence-electron chi connectivity index (χ1n) is 13.4. The van der Waals surface area contributed by atoms with E-state index in [2.05, 4.69) is 55.2 Å². The largest absolute Gasteiger partial charge is 0.369 e. The molecule has 5 heterocycles. The topological polar surface area (TPSA) is 89.5 Å². The van der Waals surface area contributed by atoms with Crippen LogP contribution in [0.1, 0.15) is 51.5 Å². The number of carbonyl (C=O) groups excluding carboxylic acids is 1. The smallest absolute Gasteiger partial charge is 0.246 e. The minimum Gasteiger partial charge on any atom is -0.369 e. The van der Waals surface area contributed by atoms with E-state index in [1.54, 1.807) is 0 Å². The first kappa shape index (κ1) is 23.2. The zero-order valence-corrected chi connectivity index (χ0v) is 21.3. The lowest BCUT2D eigenvalue weighted by Gasteiger charge is -2.50. The maximum Gasteiger partial charge on any atom is 0.246 e. The summed E-state index contributed by atoms with van der Waals surface area (Å²) in [4.78, 5) is 34.1. The number of fused-ring (bicyclic) bond motifs is 4. The SMILES string of the molecule is CCN(CC)C1CCN(c2ccc(Nc3ncc4c(n3)N3C(C=C4)C(=O)NCC34CCCC4)nc2)C1. The number of rotatable bonds is 6. The molecule has 0 radical (unpaired) electrons. The molecule has 3 aliphatic heterocycles. The number of hydrogen-bond donors (Lipinski definition) is 2. The highest BCUT2D eigenvalue weighted by molar-refractivity contribution is 5.93. The molecule has 2 aromatic heterocycles. The van der Waals surface area contributed by atoms with Gasteiger partial charge in [0.05, 0.1) is 17.4 Å².